The fraction of sp³-hybridized carbons (Fsp3) is 0.125. The molecular weight excluding hydrogens is 170 g/mol. The van der Waals surface area contributed by atoms with Gasteiger partial charge in [0.1, 0.15) is 6.07 Å². The number of aromatic nitrogens is 1. The second-order valence-electron chi connectivity index (χ2n) is 2.12. The highest BCUT2D eigenvalue weighted by molar-refractivity contribution is 7.78. The predicted molar refractivity (Wildman–Crippen MR) is 48.4 cm³/mol. The van der Waals surface area contributed by atoms with Crippen LogP contribution in [0.5, 0.6) is 0 Å². The topological polar surface area (TPSA) is 49.0 Å². The van der Waals surface area contributed by atoms with Crippen LogP contribution in [0.3, 0.4) is 0 Å². The van der Waals surface area contributed by atoms with Gasteiger partial charge in [0.15, 0.2) is 5.82 Å². The van der Waals surface area contributed by atoms with Crippen molar-refractivity contribution in [2.24, 2.45) is 4.99 Å². The molecule has 12 heavy (non-hydrogen) atoms. The molecule has 1 aromatic rings. The summed E-state index contributed by atoms with van der Waals surface area (Å²) in [6.07, 6.45) is 0. The van der Waals surface area contributed by atoms with Crippen LogP contribution in [0.2, 0.25) is 0 Å². The Morgan fingerprint density at radius 3 is 2.83 bits per heavy atom. The molecule has 0 aliphatic rings. The maximum Gasteiger partial charge on any atom is 0.162 e. The van der Waals surface area contributed by atoms with E-state index in [4.69, 9.17) is 5.26 Å². The van der Waals surface area contributed by atoms with Crippen LogP contribution in [0, 0.1) is 18.3 Å². The second-order valence-corrected chi connectivity index (χ2v) is 2.30. The quantitative estimate of drug-likeness (QED) is 0.484. The number of hydrogen-bond donors (Lipinski definition) is 0. The summed E-state index contributed by atoms with van der Waals surface area (Å²) in [5.74, 6) is 0.488. The molecule has 0 fully saturated rings. The number of hydrogen-bond acceptors (Lipinski definition) is 4. The molecule has 0 saturated heterocycles. The molecule has 1 rings (SSSR count). The van der Waals surface area contributed by atoms with E-state index < -0.39 is 0 Å². The Morgan fingerprint density at radius 2 is 2.33 bits per heavy atom. The van der Waals surface area contributed by atoms with Crippen LogP contribution in [0.15, 0.2) is 17.1 Å². The first kappa shape index (κ1) is 8.54. The summed E-state index contributed by atoms with van der Waals surface area (Å²) in [7, 11) is 0. The van der Waals surface area contributed by atoms with Gasteiger partial charge >= 0.3 is 0 Å². The van der Waals surface area contributed by atoms with E-state index in [1.807, 2.05) is 6.07 Å². The van der Waals surface area contributed by atoms with Crippen molar-refractivity contribution in [3.05, 3.63) is 23.4 Å². The van der Waals surface area contributed by atoms with Gasteiger partial charge in [-0.05, 0) is 31.3 Å². The Kier molecular flexibility index (Phi) is 2.65. The molecule has 0 radical (unpaired) electrons. The van der Waals surface area contributed by atoms with Crippen molar-refractivity contribution >= 4 is 23.2 Å². The third kappa shape index (κ3) is 1.73. The van der Waals surface area contributed by atoms with Crippen LogP contribution in [0.4, 0.5) is 5.82 Å². The standard InChI is InChI=1S/C8H5N3S/c1-6-7(4-9)2-3-8(11-6)10-5-12/h2-3H,1H3. The van der Waals surface area contributed by atoms with Crippen molar-refractivity contribution in [2.45, 2.75) is 6.92 Å². The number of nitriles is 1. The number of nitrogens with zero attached hydrogens (tertiary/aromatic N) is 3. The van der Waals surface area contributed by atoms with E-state index in [0.29, 0.717) is 17.1 Å². The number of isothiocyanates is 1. The molecule has 0 bridgehead atoms. The molecule has 0 atom stereocenters. The first-order chi connectivity index (χ1) is 5.77. The lowest BCUT2D eigenvalue weighted by molar-refractivity contribution is 1.16. The summed E-state index contributed by atoms with van der Waals surface area (Å²) in [6.45, 7) is 1.75. The first-order valence-electron chi connectivity index (χ1n) is 3.23. The Morgan fingerprint density at radius 1 is 1.58 bits per heavy atom. The number of pyridine rings is 1. The zero-order valence-corrected chi connectivity index (χ0v) is 7.22. The van der Waals surface area contributed by atoms with Crippen LogP contribution < -0.4 is 0 Å². The van der Waals surface area contributed by atoms with Crippen molar-refractivity contribution in [3.8, 4) is 6.07 Å². The predicted octanol–water partition coefficient (Wildman–Crippen LogP) is 2.00. The highest BCUT2D eigenvalue weighted by Gasteiger charge is 1.98. The summed E-state index contributed by atoms with van der Waals surface area (Å²) in [4.78, 5) is 7.70. The Labute approximate surface area is 75.4 Å². The first-order valence-corrected chi connectivity index (χ1v) is 3.64. The zero-order valence-electron chi connectivity index (χ0n) is 6.40. The SMILES string of the molecule is Cc1nc(N=C=S)ccc1C#N. The van der Waals surface area contributed by atoms with Crippen molar-refractivity contribution in [1.82, 2.24) is 4.98 Å². The van der Waals surface area contributed by atoms with Gasteiger partial charge in [0.2, 0.25) is 0 Å². The van der Waals surface area contributed by atoms with Crippen molar-refractivity contribution in [3.63, 3.8) is 0 Å². The second kappa shape index (κ2) is 3.72. The summed E-state index contributed by atoms with van der Waals surface area (Å²) < 4.78 is 0. The third-order valence-corrected chi connectivity index (χ3v) is 1.44. The van der Waals surface area contributed by atoms with Crippen LogP contribution >= 0.6 is 12.2 Å². The summed E-state index contributed by atoms with van der Waals surface area (Å²) in [5.41, 5.74) is 1.21. The number of thiocarbonyl (C=S) groups is 1. The van der Waals surface area contributed by atoms with Gasteiger partial charge in [-0.1, -0.05) is 0 Å². The largest absolute Gasteiger partial charge is 0.232 e. The smallest absolute Gasteiger partial charge is 0.162 e. The van der Waals surface area contributed by atoms with Crippen LogP contribution in [-0.2, 0) is 0 Å². The molecule has 0 aliphatic heterocycles. The molecule has 4 heteroatoms. The van der Waals surface area contributed by atoms with Gasteiger partial charge in [0.05, 0.1) is 16.4 Å². The normalized spacial score (nSPS) is 8.33. The minimum atomic E-state index is 0.488. The van der Waals surface area contributed by atoms with E-state index in [1.54, 1.807) is 19.1 Å². The van der Waals surface area contributed by atoms with E-state index in [2.05, 4.69) is 27.4 Å². The fourth-order valence-corrected chi connectivity index (χ4v) is 0.869. The van der Waals surface area contributed by atoms with E-state index >= 15 is 0 Å². The van der Waals surface area contributed by atoms with E-state index in [1.165, 1.54) is 0 Å². The average molecular weight is 175 g/mol. The molecule has 58 valence electrons. The number of aryl methyl sites for hydroxylation is 1. The van der Waals surface area contributed by atoms with Crippen molar-refractivity contribution in [2.75, 3.05) is 0 Å². The maximum absolute atomic E-state index is 8.58. The van der Waals surface area contributed by atoms with Crippen LogP contribution in [0.25, 0.3) is 0 Å². The summed E-state index contributed by atoms with van der Waals surface area (Å²) in [5, 5.41) is 10.8. The number of aliphatic imine (C=N–C) groups is 1. The minimum absolute atomic E-state index is 0.488. The molecule has 0 N–H and O–H groups in total. The van der Waals surface area contributed by atoms with Gasteiger partial charge in [-0.15, -0.1) is 0 Å². The lowest BCUT2D eigenvalue weighted by atomic mass is 10.2. The fourth-order valence-electron chi connectivity index (χ4n) is 0.775. The average Bonchev–Trinajstić information content (AvgIpc) is 2.05. The molecule has 0 unspecified atom stereocenters. The molecule has 1 heterocycles. The van der Waals surface area contributed by atoms with Gasteiger partial charge in [-0.25, -0.2) is 4.98 Å². The molecule has 0 spiro atoms. The summed E-state index contributed by atoms with van der Waals surface area (Å²) >= 11 is 4.42. The molecule has 0 saturated carbocycles. The lowest BCUT2D eigenvalue weighted by Gasteiger charge is -1.95. The van der Waals surface area contributed by atoms with Gasteiger partial charge in [0.25, 0.3) is 0 Å². The van der Waals surface area contributed by atoms with E-state index in [9.17, 15) is 0 Å². The zero-order chi connectivity index (χ0) is 8.97. The molecule has 0 aromatic carbocycles. The monoisotopic (exact) mass is 175 g/mol. The van der Waals surface area contributed by atoms with E-state index in [0.717, 1.165) is 0 Å². The van der Waals surface area contributed by atoms with Crippen LogP contribution in [0.1, 0.15) is 11.3 Å². The van der Waals surface area contributed by atoms with Gasteiger partial charge in [0, 0.05) is 0 Å². The Bertz CT molecular complexity index is 386. The molecule has 3 nitrogen and oxygen atoms in total. The Hall–Kier alpha value is -1.56. The highest BCUT2D eigenvalue weighted by Crippen LogP contribution is 2.11. The van der Waals surface area contributed by atoms with Crippen molar-refractivity contribution < 1.29 is 0 Å². The van der Waals surface area contributed by atoms with Gasteiger partial charge in [-0.3, -0.25) is 0 Å². The van der Waals surface area contributed by atoms with Gasteiger partial charge < -0.3 is 0 Å². The Balaban J connectivity index is 3.20. The maximum atomic E-state index is 8.58. The van der Waals surface area contributed by atoms with Gasteiger partial charge in [-0.2, -0.15) is 10.3 Å². The molecule has 0 aliphatic carbocycles. The lowest BCUT2D eigenvalue weighted by Crippen LogP contribution is -1.85. The van der Waals surface area contributed by atoms with Crippen molar-refractivity contribution in [1.29, 1.82) is 5.26 Å². The van der Waals surface area contributed by atoms with E-state index in [-0.39, 0.29) is 0 Å². The molecular formula is C8H5N3S. The highest BCUT2D eigenvalue weighted by atomic mass is 32.1. The minimum Gasteiger partial charge on any atom is -0.232 e. The summed E-state index contributed by atoms with van der Waals surface area (Å²) in [6, 6.07) is 5.30. The number of rotatable bonds is 1. The van der Waals surface area contributed by atoms with Crippen LogP contribution in [-0.4, -0.2) is 10.1 Å². The third-order valence-electron chi connectivity index (χ3n) is 1.35. The molecule has 0 amide bonds. The molecule has 1 aromatic heterocycles.